The number of pyridine rings is 1. The Kier molecular flexibility index (Phi) is 5.00. The number of nitrogens with one attached hydrogen (secondary N) is 1. The Labute approximate surface area is 137 Å². The first-order chi connectivity index (χ1) is 10.4. The second-order valence-electron chi connectivity index (χ2n) is 4.44. The topological polar surface area (TPSA) is 68.3 Å². The fraction of sp³-hybridized carbons (Fsp3) is 0.133. The lowest BCUT2D eigenvalue weighted by Crippen LogP contribution is -2.16. The predicted molar refractivity (Wildman–Crippen MR) is 84.7 cm³/mol. The molecular weight excluding hydrogens is 327 g/mol. The standard InChI is InChI=1S/C15H12Cl2N2O3/c1-8-3-4-9(15(21)22-2)7-11(8)18-14(20)13-10(16)5-6-12(17)19-13/h3-7H,1-2H3,(H,18,20). The van der Waals surface area contributed by atoms with Crippen molar-refractivity contribution in [1.82, 2.24) is 4.98 Å². The zero-order chi connectivity index (χ0) is 16.3. The number of halogens is 2. The van der Waals surface area contributed by atoms with Crippen LogP contribution in [-0.2, 0) is 4.74 Å². The number of amides is 1. The normalized spacial score (nSPS) is 10.2. The van der Waals surface area contributed by atoms with Gasteiger partial charge in [-0.1, -0.05) is 29.3 Å². The number of anilines is 1. The summed E-state index contributed by atoms with van der Waals surface area (Å²) in [6, 6.07) is 7.82. The average Bonchev–Trinajstić information content (AvgIpc) is 2.50. The van der Waals surface area contributed by atoms with Crippen LogP contribution >= 0.6 is 23.2 Å². The van der Waals surface area contributed by atoms with Crippen LogP contribution in [0.2, 0.25) is 10.2 Å². The van der Waals surface area contributed by atoms with E-state index in [9.17, 15) is 9.59 Å². The molecule has 1 aromatic carbocycles. The van der Waals surface area contributed by atoms with E-state index in [1.165, 1.54) is 25.3 Å². The lowest BCUT2D eigenvalue weighted by Gasteiger charge is -2.10. The smallest absolute Gasteiger partial charge is 0.337 e. The van der Waals surface area contributed by atoms with Crippen molar-refractivity contribution in [2.24, 2.45) is 0 Å². The summed E-state index contributed by atoms with van der Waals surface area (Å²) in [5.74, 6) is -1.01. The van der Waals surface area contributed by atoms with E-state index < -0.39 is 11.9 Å². The molecule has 1 N–H and O–H groups in total. The summed E-state index contributed by atoms with van der Waals surface area (Å²) < 4.78 is 4.65. The van der Waals surface area contributed by atoms with Crippen LogP contribution in [0.3, 0.4) is 0 Å². The van der Waals surface area contributed by atoms with Crippen LogP contribution in [0.5, 0.6) is 0 Å². The van der Waals surface area contributed by atoms with Gasteiger partial charge in [0.1, 0.15) is 10.8 Å². The van der Waals surface area contributed by atoms with E-state index in [0.717, 1.165) is 5.56 Å². The van der Waals surface area contributed by atoms with Crippen molar-refractivity contribution in [3.8, 4) is 0 Å². The highest BCUT2D eigenvalue weighted by molar-refractivity contribution is 6.35. The van der Waals surface area contributed by atoms with Crippen molar-refractivity contribution in [3.63, 3.8) is 0 Å². The SMILES string of the molecule is COC(=O)c1ccc(C)c(NC(=O)c2nc(Cl)ccc2Cl)c1. The number of benzene rings is 1. The zero-order valence-corrected chi connectivity index (χ0v) is 13.3. The highest BCUT2D eigenvalue weighted by Crippen LogP contribution is 2.21. The van der Waals surface area contributed by atoms with Crippen LogP contribution in [0.4, 0.5) is 5.69 Å². The van der Waals surface area contributed by atoms with E-state index in [1.807, 2.05) is 0 Å². The molecule has 0 aliphatic rings. The van der Waals surface area contributed by atoms with Gasteiger partial charge in [0.15, 0.2) is 0 Å². The Bertz CT molecular complexity index is 748. The van der Waals surface area contributed by atoms with Gasteiger partial charge >= 0.3 is 5.97 Å². The van der Waals surface area contributed by atoms with E-state index in [1.54, 1.807) is 19.1 Å². The minimum absolute atomic E-state index is 0.0111. The summed E-state index contributed by atoms with van der Waals surface area (Å²) in [6.07, 6.45) is 0. The van der Waals surface area contributed by atoms with Crippen molar-refractivity contribution in [2.45, 2.75) is 6.92 Å². The number of carbonyl (C=O) groups is 2. The molecule has 0 fully saturated rings. The molecule has 0 bridgehead atoms. The molecule has 0 spiro atoms. The van der Waals surface area contributed by atoms with Crippen molar-refractivity contribution < 1.29 is 14.3 Å². The fourth-order valence-corrected chi connectivity index (χ4v) is 2.10. The molecule has 2 aromatic rings. The second-order valence-corrected chi connectivity index (χ2v) is 5.23. The van der Waals surface area contributed by atoms with Gasteiger partial charge in [0.25, 0.3) is 5.91 Å². The molecule has 0 aliphatic heterocycles. The van der Waals surface area contributed by atoms with Crippen LogP contribution in [0.25, 0.3) is 0 Å². The third-order valence-electron chi connectivity index (χ3n) is 2.93. The average molecular weight is 339 g/mol. The van der Waals surface area contributed by atoms with Crippen molar-refractivity contribution >= 4 is 40.8 Å². The molecule has 5 nitrogen and oxygen atoms in total. The minimum Gasteiger partial charge on any atom is -0.465 e. The van der Waals surface area contributed by atoms with E-state index in [-0.39, 0.29) is 15.9 Å². The number of nitrogens with zero attached hydrogens (tertiary/aromatic N) is 1. The van der Waals surface area contributed by atoms with Gasteiger partial charge in [-0.3, -0.25) is 4.79 Å². The van der Waals surface area contributed by atoms with E-state index in [4.69, 9.17) is 23.2 Å². The van der Waals surface area contributed by atoms with Gasteiger partial charge in [0.05, 0.1) is 17.7 Å². The highest BCUT2D eigenvalue weighted by Gasteiger charge is 2.15. The van der Waals surface area contributed by atoms with Gasteiger partial charge in [-0.15, -0.1) is 0 Å². The van der Waals surface area contributed by atoms with Crippen molar-refractivity contribution in [3.05, 3.63) is 57.3 Å². The highest BCUT2D eigenvalue weighted by atomic mass is 35.5. The van der Waals surface area contributed by atoms with Gasteiger partial charge < -0.3 is 10.1 Å². The minimum atomic E-state index is -0.516. The summed E-state index contributed by atoms with van der Waals surface area (Å²) in [6.45, 7) is 1.80. The molecule has 2 rings (SSSR count). The third-order valence-corrected chi connectivity index (χ3v) is 3.45. The Hall–Kier alpha value is -2.11. The summed E-state index contributed by atoms with van der Waals surface area (Å²) in [5, 5.41) is 3.01. The van der Waals surface area contributed by atoms with Crippen molar-refractivity contribution in [1.29, 1.82) is 0 Å². The molecule has 0 unspecified atom stereocenters. The lowest BCUT2D eigenvalue weighted by atomic mass is 10.1. The van der Waals surface area contributed by atoms with Crippen LogP contribution < -0.4 is 5.32 Å². The first-order valence-corrected chi connectivity index (χ1v) is 7.00. The summed E-state index contributed by atoms with van der Waals surface area (Å²) in [7, 11) is 1.29. The summed E-state index contributed by atoms with van der Waals surface area (Å²) >= 11 is 11.7. The molecule has 1 heterocycles. The largest absolute Gasteiger partial charge is 0.465 e. The van der Waals surface area contributed by atoms with E-state index in [2.05, 4.69) is 15.0 Å². The molecular formula is C15H12Cl2N2O3. The summed E-state index contributed by atoms with van der Waals surface area (Å²) in [4.78, 5) is 27.7. The van der Waals surface area contributed by atoms with E-state index in [0.29, 0.717) is 11.3 Å². The Morgan fingerprint density at radius 1 is 1.18 bits per heavy atom. The van der Waals surface area contributed by atoms with Gasteiger partial charge in [-0.25, -0.2) is 9.78 Å². The molecule has 1 aromatic heterocycles. The Morgan fingerprint density at radius 3 is 2.59 bits per heavy atom. The monoisotopic (exact) mass is 338 g/mol. The first kappa shape index (κ1) is 16.3. The van der Waals surface area contributed by atoms with E-state index >= 15 is 0 Å². The third kappa shape index (κ3) is 3.55. The summed E-state index contributed by atoms with van der Waals surface area (Å²) in [5.41, 5.74) is 1.58. The second kappa shape index (κ2) is 6.77. The van der Waals surface area contributed by atoms with Gasteiger partial charge in [-0.05, 0) is 36.8 Å². The number of aromatic nitrogens is 1. The van der Waals surface area contributed by atoms with Crippen LogP contribution in [-0.4, -0.2) is 24.0 Å². The molecule has 0 saturated heterocycles. The van der Waals surface area contributed by atoms with Crippen molar-refractivity contribution in [2.75, 3.05) is 12.4 Å². The van der Waals surface area contributed by atoms with Crippen LogP contribution in [0, 0.1) is 6.92 Å². The van der Waals surface area contributed by atoms with Gasteiger partial charge in [0.2, 0.25) is 0 Å². The number of esters is 1. The molecule has 0 radical (unpaired) electrons. The van der Waals surface area contributed by atoms with Gasteiger partial charge in [-0.2, -0.15) is 0 Å². The quantitative estimate of drug-likeness (QED) is 0.683. The first-order valence-electron chi connectivity index (χ1n) is 6.24. The number of ether oxygens (including phenoxy) is 1. The number of hydrogen-bond acceptors (Lipinski definition) is 4. The molecule has 114 valence electrons. The van der Waals surface area contributed by atoms with Crippen LogP contribution in [0.1, 0.15) is 26.4 Å². The van der Waals surface area contributed by atoms with Gasteiger partial charge in [0, 0.05) is 5.69 Å². The molecule has 0 atom stereocenters. The number of hydrogen-bond donors (Lipinski definition) is 1. The fourth-order valence-electron chi connectivity index (χ4n) is 1.76. The van der Waals surface area contributed by atoms with Crippen LogP contribution in [0.15, 0.2) is 30.3 Å². The maximum atomic E-state index is 12.3. The number of methoxy groups -OCH3 is 1. The molecule has 0 saturated carbocycles. The molecule has 1 amide bonds. The zero-order valence-electron chi connectivity index (χ0n) is 11.8. The maximum Gasteiger partial charge on any atom is 0.337 e. The molecule has 0 aliphatic carbocycles. The predicted octanol–water partition coefficient (Wildman–Crippen LogP) is 3.74. The molecule has 22 heavy (non-hydrogen) atoms. The number of carbonyl (C=O) groups excluding carboxylic acids is 2. The Morgan fingerprint density at radius 2 is 1.91 bits per heavy atom. The molecule has 7 heteroatoms. The number of aryl methyl sites for hydroxylation is 1. The Balaban J connectivity index is 2.32. The maximum absolute atomic E-state index is 12.3. The lowest BCUT2D eigenvalue weighted by molar-refractivity contribution is 0.0600. The number of rotatable bonds is 3.